The molecule has 1 amide bonds. The van der Waals surface area contributed by atoms with Gasteiger partial charge in [-0.15, -0.1) is 0 Å². The molecule has 0 radical (unpaired) electrons. The molecule has 0 spiro atoms. The Morgan fingerprint density at radius 2 is 1.80 bits per heavy atom. The molecule has 0 bridgehead atoms. The van der Waals surface area contributed by atoms with E-state index in [1.165, 1.54) is 23.3 Å². The van der Waals surface area contributed by atoms with Gasteiger partial charge >= 0.3 is 0 Å². The van der Waals surface area contributed by atoms with Crippen LogP contribution in [0.15, 0.2) is 42.5 Å². The fourth-order valence-corrected chi connectivity index (χ4v) is 2.81. The number of aromatic hydroxyl groups is 1. The molecule has 25 heavy (non-hydrogen) atoms. The van der Waals surface area contributed by atoms with E-state index in [1.54, 1.807) is 6.07 Å². The standard InChI is InChI=1S/C20H26N2O3/c1-12-3-6-14(7-4-12)8-5-13(2)18(21)19(24)15-9-10-17(23)16(11-15)20(22)25/h3-4,6-7,9-11,13,18-19,23-24H,5,8,21H2,1-2H3,(H2,22,25). The number of hydrogen-bond donors (Lipinski definition) is 4. The quantitative estimate of drug-likeness (QED) is 0.619. The van der Waals surface area contributed by atoms with Crippen molar-refractivity contribution in [3.63, 3.8) is 0 Å². The first-order valence-electron chi connectivity index (χ1n) is 8.41. The Kier molecular flexibility index (Phi) is 6.17. The lowest BCUT2D eigenvalue weighted by Gasteiger charge is -2.25. The van der Waals surface area contributed by atoms with Crippen LogP contribution < -0.4 is 11.5 Å². The van der Waals surface area contributed by atoms with Gasteiger partial charge in [-0.1, -0.05) is 42.8 Å². The summed E-state index contributed by atoms with van der Waals surface area (Å²) in [5, 5.41) is 20.2. The summed E-state index contributed by atoms with van der Waals surface area (Å²) >= 11 is 0. The molecule has 0 aliphatic heterocycles. The maximum atomic E-state index is 11.3. The van der Waals surface area contributed by atoms with Crippen molar-refractivity contribution < 1.29 is 15.0 Å². The van der Waals surface area contributed by atoms with Gasteiger partial charge in [0.2, 0.25) is 0 Å². The lowest BCUT2D eigenvalue weighted by molar-refractivity contribution is 0.0996. The Morgan fingerprint density at radius 3 is 2.40 bits per heavy atom. The van der Waals surface area contributed by atoms with Crippen molar-refractivity contribution in [2.75, 3.05) is 0 Å². The number of carbonyl (C=O) groups is 1. The minimum atomic E-state index is -0.938. The first kappa shape index (κ1) is 19.0. The molecule has 0 saturated carbocycles. The van der Waals surface area contributed by atoms with E-state index in [0.29, 0.717) is 5.56 Å². The molecule has 134 valence electrons. The smallest absolute Gasteiger partial charge is 0.252 e. The van der Waals surface area contributed by atoms with Gasteiger partial charge in [0.1, 0.15) is 5.75 Å². The summed E-state index contributed by atoms with van der Waals surface area (Å²) in [5.41, 5.74) is 14.4. The molecule has 2 aromatic rings. The molecule has 0 aliphatic rings. The van der Waals surface area contributed by atoms with E-state index >= 15 is 0 Å². The van der Waals surface area contributed by atoms with E-state index in [9.17, 15) is 15.0 Å². The lowest BCUT2D eigenvalue weighted by Crippen LogP contribution is -2.35. The highest BCUT2D eigenvalue weighted by Gasteiger charge is 2.24. The fourth-order valence-electron chi connectivity index (χ4n) is 2.81. The molecule has 6 N–H and O–H groups in total. The topological polar surface area (TPSA) is 110 Å². The van der Waals surface area contributed by atoms with Gasteiger partial charge in [-0.05, 0) is 48.9 Å². The van der Waals surface area contributed by atoms with E-state index < -0.39 is 18.1 Å². The zero-order valence-corrected chi connectivity index (χ0v) is 14.6. The highest BCUT2D eigenvalue weighted by atomic mass is 16.3. The number of rotatable bonds is 7. The Balaban J connectivity index is 2.03. The first-order valence-corrected chi connectivity index (χ1v) is 8.41. The maximum Gasteiger partial charge on any atom is 0.252 e. The largest absolute Gasteiger partial charge is 0.507 e. The Hall–Kier alpha value is -2.37. The van der Waals surface area contributed by atoms with Crippen molar-refractivity contribution in [3.8, 4) is 5.75 Å². The minimum absolute atomic E-state index is 0.0175. The van der Waals surface area contributed by atoms with Gasteiger partial charge in [0, 0.05) is 6.04 Å². The van der Waals surface area contributed by atoms with E-state index in [1.807, 2.05) is 6.92 Å². The number of carbonyl (C=O) groups excluding carboxylic acids is 1. The third kappa shape index (κ3) is 4.81. The van der Waals surface area contributed by atoms with Crippen LogP contribution in [0.1, 0.15) is 46.5 Å². The molecular weight excluding hydrogens is 316 g/mol. The summed E-state index contributed by atoms with van der Waals surface area (Å²) < 4.78 is 0. The van der Waals surface area contributed by atoms with Gasteiger partial charge in [0.15, 0.2) is 0 Å². The molecule has 0 fully saturated rings. The third-order valence-corrected chi connectivity index (χ3v) is 4.66. The number of hydrogen-bond acceptors (Lipinski definition) is 4. The number of nitrogens with two attached hydrogens (primary N) is 2. The Morgan fingerprint density at radius 1 is 1.16 bits per heavy atom. The summed E-state index contributed by atoms with van der Waals surface area (Å²) in [4.78, 5) is 11.3. The second kappa shape index (κ2) is 8.14. The predicted octanol–water partition coefficient (Wildman–Crippen LogP) is 2.43. The van der Waals surface area contributed by atoms with Crippen LogP contribution in [0.5, 0.6) is 5.75 Å². The van der Waals surface area contributed by atoms with E-state index in [-0.39, 0.29) is 17.2 Å². The zero-order chi connectivity index (χ0) is 18.6. The van der Waals surface area contributed by atoms with Crippen LogP contribution in [-0.4, -0.2) is 22.2 Å². The second-order valence-corrected chi connectivity index (χ2v) is 6.66. The molecule has 5 heteroatoms. The van der Waals surface area contributed by atoms with Gasteiger partial charge in [0.05, 0.1) is 11.7 Å². The number of aryl methyl sites for hydroxylation is 2. The van der Waals surface area contributed by atoms with Crippen LogP contribution in [0, 0.1) is 12.8 Å². The highest BCUT2D eigenvalue weighted by molar-refractivity contribution is 5.95. The number of aliphatic hydroxyl groups excluding tert-OH is 1. The van der Waals surface area contributed by atoms with Crippen molar-refractivity contribution >= 4 is 5.91 Å². The van der Waals surface area contributed by atoms with Gasteiger partial charge < -0.3 is 21.7 Å². The normalized spacial score (nSPS) is 14.7. The Bertz CT molecular complexity index is 728. The molecule has 2 rings (SSSR count). The van der Waals surface area contributed by atoms with Gasteiger partial charge in [-0.2, -0.15) is 0 Å². The number of primary amides is 1. The van der Waals surface area contributed by atoms with Crippen LogP contribution in [0.4, 0.5) is 0 Å². The molecule has 0 heterocycles. The highest BCUT2D eigenvalue weighted by Crippen LogP contribution is 2.27. The van der Waals surface area contributed by atoms with Gasteiger partial charge in [-0.3, -0.25) is 4.79 Å². The van der Waals surface area contributed by atoms with Crippen molar-refractivity contribution in [2.24, 2.45) is 17.4 Å². The van der Waals surface area contributed by atoms with Crippen molar-refractivity contribution in [1.29, 1.82) is 0 Å². The number of aliphatic hydroxyl groups is 1. The third-order valence-electron chi connectivity index (χ3n) is 4.66. The lowest BCUT2D eigenvalue weighted by atomic mass is 9.88. The molecular formula is C20H26N2O3. The SMILES string of the molecule is Cc1ccc(CCC(C)C(N)C(O)c2ccc(O)c(C(N)=O)c2)cc1. The summed E-state index contributed by atoms with van der Waals surface area (Å²) in [6.45, 7) is 4.05. The van der Waals surface area contributed by atoms with Crippen LogP contribution in [0.3, 0.4) is 0 Å². The minimum Gasteiger partial charge on any atom is -0.507 e. The summed E-state index contributed by atoms with van der Waals surface area (Å²) in [6.07, 6.45) is 0.776. The van der Waals surface area contributed by atoms with Crippen molar-refractivity contribution in [2.45, 2.75) is 38.8 Å². The maximum absolute atomic E-state index is 11.3. The van der Waals surface area contributed by atoms with Crippen LogP contribution in [0.25, 0.3) is 0 Å². The van der Waals surface area contributed by atoms with Crippen LogP contribution in [-0.2, 0) is 6.42 Å². The number of phenols is 1. The molecule has 0 saturated heterocycles. The first-order chi connectivity index (χ1) is 11.8. The van der Waals surface area contributed by atoms with E-state index in [4.69, 9.17) is 11.5 Å². The van der Waals surface area contributed by atoms with E-state index in [0.717, 1.165) is 12.8 Å². The molecule has 5 nitrogen and oxygen atoms in total. The summed E-state index contributed by atoms with van der Waals surface area (Å²) in [5.74, 6) is -0.876. The number of benzene rings is 2. The molecule has 3 unspecified atom stereocenters. The van der Waals surface area contributed by atoms with Crippen molar-refractivity contribution in [3.05, 3.63) is 64.7 Å². The van der Waals surface area contributed by atoms with Gasteiger partial charge in [0.25, 0.3) is 5.91 Å². The second-order valence-electron chi connectivity index (χ2n) is 6.66. The summed E-state index contributed by atoms with van der Waals surface area (Å²) in [6, 6.07) is 12.2. The average Bonchev–Trinajstić information content (AvgIpc) is 2.59. The molecule has 3 atom stereocenters. The van der Waals surface area contributed by atoms with Crippen LogP contribution >= 0.6 is 0 Å². The molecule has 2 aromatic carbocycles. The Labute approximate surface area is 148 Å². The fraction of sp³-hybridized carbons (Fsp3) is 0.350. The zero-order valence-electron chi connectivity index (χ0n) is 14.6. The van der Waals surface area contributed by atoms with E-state index in [2.05, 4.69) is 31.2 Å². The monoisotopic (exact) mass is 342 g/mol. The number of amides is 1. The average molecular weight is 342 g/mol. The molecule has 0 aliphatic carbocycles. The van der Waals surface area contributed by atoms with Crippen molar-refractivity contribution in [1.82, 2.24) is 0 Å². The predicted molar refractivity (Wildman–Crippen MR) is 98.2 cm³/mol. The van der Waals surface area contributed by atoms with Gasteiger partial charge in [-0.25, -0.2) is 0 Å². The van der Waals surface area contributed by atoms with Crippen LogP contribution in [0.2, 0.25) is 0 Å². The summed E-state index contributed by atoms with van der Waals surface area (Å²) in [7, 11) is 0. The molecule has 0 aromatic heterocycles.